The molecule has 0 aromatic carbocycles. The number of pyridine rings is 1. The number of rotatable bonds is 4. The van der Waals surface area contributed by atoms with Gasteiger partial charge in [-0.3, -0.25) is 4.98 Å². The molecule has 0 bridgehead atoms. The van der Waals surface area contributed by atoms with E-state index in [1.54, 1.807) is 10.7 Å². The molecule has 0 amide bonds. The Hall–Kier alpha value is -2.47. The summed E-state index contributed by atoms with van der Waals surface area (Å²) in [5.74, 6) is 0.777. The lowest BCUT2D eigenvalue weighted by Crippen LogP contribution is -2.04. The number of nitrogens with one attached hydrogen (secondary N) is 1. The smallest absolute Gasteiger partial charge is 0.153 e. The number of anilines is 1. The second-order valence-corrected chi connectivity index (χ2v) is 4.13. The molecule has 3 N–H and O–H groups in total. The van der Waals surface area contributed by atoms with Gasteiger partial charge < -0.3 is 11.1 Å². The van der Waals surface area contributed by atoms with Gasteiger partial charge in [0.2, 0.25) is 0 Å². The van der Waals surface area contributed by atoms with Crippen molar-refractivity contribution in [2.75, 3.05) is 5.32 Å². The third-order valence-corrected chi connectivity index (χ3v) is 2.76. The van der Waals surface area contributed by atoms with Crippen molar-refractivity contribution in [2.45, 2.75) is 13.1 Å². The highest BCUT2D eigenvalue weighted by molar-refractivity contribution is 5.45. The molecule has 0 atom stereocenters. The lowest BCUT2D eigenvalue weighted by Gasteiger charge is -2.04. The van der Waals surface area contributed by atoms with E-state index in [4.69, 9.17) is 5.73 Å². The lowest BCUT2D eigenvalue weighted by molar-refractivity contribution is 0.913. The fraction of sp³-hybridized carbons (Fsp3) is 0.154. The Morgan fingerprint density at radius 3 is 2.89 bits per heavy atom. The highest BCUT2D eigenvalue weighted by Gasteiger charge is 2.02. The number of nitrogens with two attached hydrogens (primary N) is 1. The molecular formula is C13H14N6. The first kappa shape index (κ1) is 11.6. The molecule has 0 spiro atoms. The van der Waals surface area contributed by atoms with Gasteiger partial charge >= 0.3 is 0 Å². The fourth-order valence-corrected chi connectivity index (χ4v) is 1.81. The van der Waals surface area contributed by atoms with Gasteiger partial charge in [-0.15, -0.1) is 5.10 Å². The molecular weight excluding hydrogens is 240 g/mol. The van der Waals surface area contributed by atoms with Crippen molar-refractivity contribution in [1.29, 1.82) is 0 Å². The van der Waals surface area contributed by atoms with E-state index >= 15 is 0 Å². The Labute approximate surface area is 110 Å². The summed E-state index contributed by atoms with van der Waals surface area (Å²) >= 11 is 0. The lowest BCUT2D eigenvalue weighted by atomic mass is 10.3. The van der Waals surface area contributed by atoms with Crippen molar-refractivity contribution in [3.05, 3.63) is 54.1 Å². The monoisotopic (exact) mass is 254 g/mol. The van der Waals surface area contributed by atoms with E-state index in [1.807, 2.05) is 36.5 Å². The average Bonchev–Trinajstić information content (AvgIpc) is 2.88. The topological polar surface area (TPSA) is 81.1 Å². The molecule has 6 heteroatoms. The van der Waals surface area contributed by atoms with E-state index in [1.165, 1.54) is 0 Å². The van der Waals surface area contributed by atoms with Gasteiger partial charge in [-0.1, -0.05) is 6.07 Å². The summed E-state index contributed by atoms with van der Waals surface area (Å²) in [5, 5.41) is 7.65. The van der Waals surface area contributed by atoms with Crippen LogP contribution in [0.4, 0.5) is 5.82 Å². The second-order valence-electron chi connectivity index (χ2n) is 4.13. The molecule has 3 aromatic rings. The summed E-state index contributed by atoms with van der Waals surface area (Å²) in [6, 6.07) is 9.63. The van der Waals surface area contributed by atoms with Crippen LogP contribution in [0.2, 0.25) is 0 Å². The Morgan fingerprint density at radius 2 is 2.11 bits per heavy atom. The maximum Gasteiger partial charge on any atom is 0.153 e. The first-order chi connectivity index (χ1) is 9.35. The molecule has 6 nitrogen and oxygen atoms in total. The predicted molar refractivity (Wildman–Crippen MR) is 72.4 cm³/mol. The van der Waals surface area contributed by atoms with Crippen LogP contribution in [0.15, 0.2) is 42.7 Å². The zero-order valence-corrected chi connectivity index (χ0v) is 10.3. The first-order valence-electron chi connectivity index (χ1n) is 6.04. The minimum Gasteiger partial charge on any atom is -0.363 e. The number of fused-ring (bicyclic) bond motifs is 1. The Kier molecular flexibility index (Phi) is 3.07. The largest absolute Gasteiger partial charge is 0.363 e. The molecule has 3 heterocycles. The van der Waals surface area contributed by atoms with Gasteiger partial charge in [-0.05, 0) is 24.3 Å². The molecule has 0 aliphatic carbocycles. The highest BCUT2D eigenvalue weighted by atomic mass is 15.3. The van der Waals surface area contributed by atoms with E-state index in [0.29, 0.717) is 13.1 Å². The van der Waals surface area contributed by atoms with Gasteiger partial charge in [0.1, 0.15) is 5.82 Å². The van der Waals surface area contributed by atoms with Crippen molar-refractivity contribution in [1.82, 2.24) is 19.6 Å². The third-order valence-electron chi connectivity index (χ3n) is 2.76. The number of nitrogens with zero attached hydrogens (tertiary/aromatic N) is 4. The molecule has 0 unspecified atom stereocenters. The molecule has 96 valence electrons. The summed E-state index contributed by atoms with van der Waals surface area (Å²) in [6.07, 6.45) is 3.61. The fourth-order valence-electron chi connectivity index (χ4n) is 1.81. The van der Waals surface area contributed by atoms with Gasteiger partial charge in [0.25, 0.3) is 0 Å². The van der Waals surface area contributed by atoms with Crippen LogP contribution in [0.25, 0.3) is 5.65 Å². The highest BCUT2D eigenvalue weighted by Crippen LogP contribution is 2.08. The Bertz CT molecular complexity index is 676. The molecule has 0 aliphatic rings. The minimum atomic E-state index is 0.417. The summed E-state index contributed by atoms with van der Waals surface area (Å²) in [7, 11) is 0. The molecule has 0 fully saturated rings. The molecule has 19 heavy (non-hydrogen) atoms. The van der Waals surface area contributed by atoms with Gasteiger partial charge in [-0.2, -0.15) is 0 Å². The quantitative estimate of drug-likeness (QED) is 0.731. The molecule has 0 aliphatic heterocycles. The molecule has 0 saturated heterocycles. The van der Waals surface area contributed by atoms with Crippen molar-refractivity contribution in [3.8, 4) is 0 Å². The van der Waals surface area contributed by atoms with Gasteiger partial charge in [-0.25, -0.2) is 9.50 Å². The van der Waals surface area contributed by atoms with Crippen LogP contribution in [0.5, 0.6) is 0 Å². The predicted octanol–water partition coefficient (Wildman–Crippen LogP) is 1.20. The summed E-state index contributed by atoms with van der Waals surface area (Å²) in [5.41, 5.74) is 8.15. The minimum absolute atomic E-state index is 0.417. The summed E-state index contributed by atoms with van der Waals surface area (Å²) in [6.45, 7) is 1.05. The normalized spacial score (nSPS) is 10.8. The third kappa shape index (κ3) is 2.53. The number of aromatic nitrogens is 4. The molecule has 0 saturated carbocycles. The van der Waals surface area contributed by atoms with Crippen molar-refractivity contribution >= 4 is 11.5 Å². The maximum absolute atomic E-state index is 5.56. The number of hydrogen-bond donors (Lipinski definition) is 2. The SMILES string of the molecule is NCc1cn2nc(NCc3ccccn3)ccc2n1. The second kappa shape index (κ2) is 5.03. The Balaban J connectivity index is 1.78. The van der Waals surface area contributed by atoms with E-state index in [0.717, 1.165) is 22.9 Å². The van der Waals surface area contributed by atoms with E-state index in [-0.39, 0.29) is 0 Å². The standard InChI is InChI=1S/C13H14N6/c14-7-11-9-19-13(17-11)5-4-12(18-19)16-8-10-3-1-2-6-15-10/h1-6,9H,7-8,14H2,(H,16,18). The van der Waals surface area contributed by atoms with Crippen molar-refractivity contribution in [3.63, 3.8) is 0 Å². The van der Waals surface area contributed by atoms with Crippen LogP contribution in [0.3, 0.4) is 0 Å². The Morgan fingerprint density at radius 1 is 1.16 bits per heavy atom. The van der Waals surface area contributed by atoms with Crippen LogP contribution in [-0.2, 0) is 13.1 Å². The van der Waals surface area contributed by atoms with Gasteiger partial charge in [0.05, 0.1) is 24.1 Å². The van der Waals surface area contributed by atoms with Crippen LogP contribution in [0, 0.1) is 0 Å². The van der Waals surface area contributed by atoms with Crippen molar-refractivity contribution < 1.29 is 0 Å². The van der Waals surface area contributed by atoms with Gasteiger partial charge in [0.15, 0.2) is 5.65 Å². The zero-order valence-electron chi connectivity index (χ0n) is 10.3. The van der Waals surface area contributed by atoms with E-state index in [2.05, 4.69) is 20.4 Å². The van der Waals surface area contributed by atoms with Crippen molar-refractivity contribution in [2.24, 2.45) is 5.73 Å². The van der Waals surface area contributed by atoms with Crippen LogP contribution >= 0.6 is 0 Å². The summed E-state index contributed by atoms with van der Waals surface area (Å²) < 4.78 is 1.73. The number of imidazole rings is 1. The van der Waals surface area contributed by atoms with E-state index < -0.39 is 0 Å². The summed E-state index contributed by atoms with van der Waals surface area (Å²) in [4.78, 5) is 8.57. The van der Waals surface area contributed by atoms with E-state index in [9.17, 15) is 0 Å². The van der Waals surface area contributed by atoms with Crippen LogP contribution < -0.4 is 11.1 Å². The maximum atomic E-state index is 5.56. The van der Waals surface area contributed by atoms with Gasteiger partial charge in [0, 0.05) is 12.7 Å². The van der Waals surface area contributed by atoms with Crippen LogP contribution in [0.1, 0.15) is 11.4 Å². The molecule has 0 radical (unpaired) electrons. The van der Waals surface area contributed by atoms with Crippen LogP contribution in [-0.4, -0.2) is 19.6 Å². The first-order valence-corrected chi connectivity index (χ1v) is 6.04. The zero-order chi connectivity index (χ0) is 13.1. The average molecular weight is 254 g/mol. The number of hydrogen-bond acceptors (Lipinski definition) is 5. The molecule has 3 rings (SSSR count). The molecule has 3 aromatic heterocycles.